The number of rotatable bonds is 9. The van der Waals surface area contributed by atoms with Gasteiger partial charge >= 0.3 is 5.97 Å². The summed E-state index contributed by atoms with van der Waals surface area (Å²) < 4.78 is 56.3. The van der Waals surface area contributed by atoms with Gasteiger partial charge in [0.1, 0.15) is 29.3 Å². The number of carbonyl (C=O) groups excluding carboxylic acids is 2. The van der Waals surface area contributed by atoms with Gasteiger partial charge < -0.3 is 15.7 Å². The molecule has 1 aliphatic carbocycles. The molecule has 2 saturated heterocycles. The van der Waals surface area contributed by atoms with Crippen molar-refractivity contribution in [1.29, 1.82) is 0 Å². The zero-order valence-electron chi connectivity index (χ0n) is 22.4. The summed E-state index contributed by atoms with van der Waals surface area (Å²) in [7, 11) is -4.00. The van der Waals surface area contributed by atoms with Crippen molar-refractivity contribution in [2.75, 3.05) is 5.32 Å². The second-order valence-corrected chi connectivity index (χ2v) is 12.4. The fourth-order valence-electron chi connectivity index (χ4n) is 5.82. The van der Waals surface area contributed by atoms with Gasteiger partial charge in [-0.1, -0.05) is 36.4 Å². The number of fused-ring (bicyclic) bond motifs is 3. The highest BCUT2D eigenvalue weighted by atomic mass is 32.2. The van der Waals surface area contributed by atoms with Crippen LogP contribution in [0.1, 0.15) is 41.6 Å². The largest absolute Gasteiger partial charge is 0.480 e. The summed E-state index contributed by atoms with van der Waals surface area (Å²) in [6.07, 6.45) is 2.49. The van der Waals surface area contributed by atoms with Crippen molar-refractivity contribution in [3.63, 3.8) is 0 Å². The van der Waals surface area contributed by atoms with Crippen molar-refractivity contribution >= 4 is 33.5 Å². The van der Waals surface area contributed by atoms with Crippen LogP contribution in [-0.2, 0) is 26.0 Å². The summed E-state index contributed by atoms with van der Waals surface area (Å²) in [5.74, 6) is -5.19. The maximum absolute atomic E-state index is 13.9. The Morgan fingerprint density at radius 1 is 0.881 bits per heavy atom. The molecule has 3 aliphatic rings. The molecule has 0 spiro atoms. The number of benzene rings is 3. The Balaban J connectivity index is 1.30. The van der Waals surface area contributed by atoms with Gasteiger partial charge in [-0.3, -0.25) is 9.59 Å². The monoisotopic (exact) mass is 597 g/mol. The fourth-order valence-corrected chi connectivity index (χ4v) is 7.74. The van der Waals surface area contributed by atoms with E-state index in [-0.39, 0.29) is 29.0 Å². The van der Waals surface area contributed by atoms with Gasteiger partial charge in [-0.05, 0) is 73.6 Å². The lowest BCUT2D eigenvalue weighted by Crippen LogP contribution is -2.63. The normalized spacial score (nSPS) is 21.0. The van der Waals surface area contributed by atoms with Gasteiger partial charge in [0.15, 0.2) is 0 Å². The van der Waals surface area contributed by atoms with Gasteiger partial charge in [0.25, 0.3) is 5.91 Å². The van der Waals surface area contributed by atoms with Crippen LogP contribution in [0.25, 0.3) is 0 Å². The average molecular weight is 598 g/mol. The van der Waals surface area contributed by atoms with E-state index < -0.39 is 57.1 Å². The Morgan fingerprint density at radius 2 is 1.50 bits per heavy atom. The number of carboxylic acid groups (broad SMARTS) is 1. The van der Waals surface area contributed by atoms with E-state index in [1.54, 1.807) is 18.2 Å². The van der Waals surface area contributed by atoms with Crippen LogP contribution in [0.5, 0.6) is 0 Å². The molecule has 0 radical (unpaired) electrons. The lowest BCUT2D eigenvalue weighted by Gasteiger charge is -2.49. The molecular formula is C30H29F2N3O6S. The number of nitrogens with zero attached hydrogens (tertiary/aromatic N) is 1. The summed E-state index contributed by atoms with van der Waals surface area (Å²) in [5, 5.41) is 14.8. The van der Waals surface area contributed by atoms with Gasteiger partial charge in [0.2, 0.25) is 15.9 Å². The lowest BCUT2D eigenvalue weighted by atomic mass is 9.76. The smallest absolute Gasteiger partial charge is 0.326 e. The molecule has 2 heterocycles. The molecule has 1 saturated carbocycles. The van der Waals surface area contributed by atoms with E-state index in [9.17, 15) is 36.7 Å². The van der Waals surface area contributed by atoms with Crippen molar-refractivity contribution in [1.82, 2.24) is 9.62 Å². The van der Waals surface area contributed by atoms with E-state index in [2.05, 4.69) is 10.6 Å². The van der Waals surface area contributed by atoms with Crippen LogP contribution < -0.4 is 10.6 Å². The first kappa shape index (κ1) is 29.3. The summed E-state index contributed by atoms with van der Waals surface area (Å²) in [4.78, 5) is 38.1. The van der Waals surface area contributed by atoms with Gasteiger partial charge in [0.05, 0.1) is 4.90 Å². The second kappa shape index (κ2) is 12.0. The second-order valence-electron chi connectivity index (χ2n) is 10.5. The number of hydrogen-bond acceptors (Lipinski definition) is 5. The zero-order valence-corrected chi connectivity index (χ0v) is 23.2. The van der Waals surface area contributed by atoms with E-state index in [4.69, 9.17) is 0 Å². The molecule has 3 aromatic rings. The summed E-state index contributed by atoms with van der Waals surface area (Å²) >= 11 is 0. The maximum Gasteiger partial charge on any atom is 0.326 e. The Hall–Kier alpha value is -4.16. The Bertz CT molecular complexity index is 1570. The highest BCUT2D eigenvalue weighted by Crippen LogP contribution is 2.42. The van der Waals surface area contributed by atoms with E-state index in [1.165, 1.54) is 40.7 Å². The van der Waals surface area contributed by atoms with Crippen molar-refractivity contribution in [2.24, 2.45) is 5.92 Å². The number of carbonyl (C=O) groups is 3. The molecule has 3 aromatic carbocycles. The third-order valence-corrected chi connectivity index (χ3v) is 9.81. The minimum Gasteiger partial charge on any atom is -0.480 e. The lowest BCUT2D eigenvalue weighted by molar-refractivity contribution is -0.143. The molecule has 6 rings (SSSR count). The summed E-state index contributed by atoms with van der Waals surface area (Å²) in [6, 6.07) is 14.2. The number of aliphatic carboxylic acids is 1. The molecule has 3 fully saturated rings. The number of halogens is 2. The number of piperidine rings is 2. The van der Waals surface area contributed by atoms with Crippen LogP contribution in [0.15, 0.2) is 77.7 Å². The van der Waals surface area contributed by atoms with Crippen LogP contribution in [0.4, 0.5) is 14.5 Å². The quantitative estimate of drug-likeness (QED) is 0.342. The average Bonchev–Trinajstić information content (AvgIpc) is 2.98. The Kier molecular flexibility index (Phi) is 8.37. The summed E-state index contributed by atoms with van der Waals surface area (Å²) in [6.45, 7) is 0. The minimum atomic E-state index is -4.00. The first-order valence-electron chi connectivity index (χ1n) is 13.5. The first-order chi connectivity index (χ1) is 20.1. The molecule has 2 aliphatic heterocycles. The number of nitrogens with one attached hydrogen (secondary N) is 2. The third-order valence-electron chi connectivity index (χ3n) is 7.87. The third kappa shape index (κ3) is 5.90. The van der Waals surface area contributed by atoms with E-state index in [0.717, 1.165) is 18.2 Å². The maximum atomic E-state index is 13.9. The molecule has 0 aromatic heterocycles. The van der Waals surface area contributed by atoms with Crippen LogP contribution in [-0.4, -0.2) is 53.7 Å². The van der Waals surface area contributed by atoms with E-state index in [0.29, 0.717) is 31.2 Å². The molecule has 2 bridgehead atoms. The standard InChI is InChI=1S/C30H29F2N3O6S/c31-23-7-4-8-24(32)26(23)28(36)33-20-13-9-18(10-14-20)17-25(30(38)39)34-29(37)27-19-11-15-21(16-12-19)35(27)42(40,41)22-5-2-1-3-6-22/h1-10,13-14,19,21,25,27H,11-12,15-17H2,(H,33,36)(H,34,37)(H,38,39). The van der Waals surface area contributed by atoms with Crippen LogP contribution in [0, 0.1) is 17.6 Å². The molecule has 2 unspecified atom stereocenters. The number of carboxylic acids is 1. The predicted molar refractivity (Wildman–Crippen MR) is 149 cm³/mol. The summed E-state index contributed by atoms with van der Waals surface area (Å²) in [5.41, 5.74) is -0.00558. The molecule has 42 heavy (non-hydrogen) atoms. The topological polar surface area (TPSA) is 133 Å². The van der Waals surface area contributed by atoms with Crippen molar-refractivity contribution < 1.29 is 36.7 Å². The van der Waals surface area contributed by atoms with Crippen LogP contribution in [0.2, 0.25) is 0 Å². The number of amides is 2. The van der Waals surface area contributed by atoms with Crippen molar-refractivity contribution in [3.8, 4) is 0 Å². The van der Waals surface area contributed by atoms with Crippen molar-refractivity contribution in [2.45, 2.75) is 55.1 Å². The number of anilines is 1. The predicted octanol–water partition coefficient (Wildman–Crippen LogP) is 3.96. The molecule has 2 amide bonds. The number of hydrogen-bond donors (Lipinski definition) is 3. The molecule has 220 valence electrons. The van der Waals surface area contributed by atoms with Gasteiger partial charge in [-0.25, -0.2) is 22.0 Å². The molecule has 12 heteroatoms. The minimum absolute atomic E-state index is 0.0788. The van der Waals surface area contributed by atoms with E-state index >= 15 is 0 Å². The van der Waals surface area contributed by atoms with Gasteiger partial charge in [-0.15, -0.1) is 0 Å². The van der Waals surface area contributed by atoms with Gasteiger partial charge in [-0.2, -0.15) is 4.31 Å². The SMILES string of the molecule is O=C(Nc1ccc(CC(NC(=O)C2C3CCC(CC3)N2S(=O)(=O)c2ccccc2)C(=O)O)cc1)c1c(F)cccc1F. The Morgan fingerprint density at radius 3 is 2.10 bits per heavy atom. The highest BCUT2D eigenvalue weighted by molar-refractivity contribution is 7.89. The highest BCUT2D eigenvalue weighted by Gasteiger charge is 2.51. The molecule has 2 atom stereocenters. The first-order valence-corrected chi connectivity index (χ1v) is 15.0. The fraction of sp³-hybridized carbons (Fsp3) is 0.300. The molecule has 9 nitrogen and oxygen atoms in total. The zero-order chi connectivity index (χ0) is 30.0. The van der Waals surface area contributed by atoms with Crippen molar-refractivity contribution in [3.05, 3.63) is 95.6 Å². The Labute approximate surface area is 241 Å². The van der Waals surface area contributed by atoms with Gasteiger partial charge in [0, 0.05) is 18.2 Å². The number of sulfonamides is 1. The van der Waals surface area contributed by atoms with E-state index in [1.807, 2.05) is 0 Å². The van der Waals surface area contributed by atoms with Crippen LogP contribution in [0.3, 0.4) is 0 Å². The molecular weight excluding hydrogens is 568 g/mol. The van der Waals surface area contributed by atoms with Crippen LogP contribution >= 0.6 is 0 Å². The molecule has 3 N–H and O–H groups in total.